The van der Waals surface area contributed by atoms with E-state index in [4.69, 9.17) is 26.1 Å². The van der Waals surface area contributed by atoms with Crippen LogP contribution in [0.1, 0.15) is 74.6 Å². The molecule has 2 heterocycles. The highest BCUT2D eigenvalue weighted by atomic mass is 35.5. The molecule has 5 heteroatoms. The summed E-state index contributed by atoms with van der Waals surface area (Å²) in [6, 6.07) is 4.20. The fourth-order valence-corrected chi connectivity index (χ4v) is 4.54. The lowest BCUT2D eigenvalue weighted by Gasteiger charge is -2.23. The van der Waals surface area contributed by atoms with Crippen LogP contribution < -0.4 is 0 Å². The number of rotatable bonds is 7. The number of carbonyl (C=O) groups is 1. The first-order valence-corrected chi connectivity index (χ1v) is 10.7. The van der Waals surface area contributed by atoms with Crippen LogP contribution in [0.25, 0.3) is 0 Å². The van der Waals surface area contributed by atoms with Crippen LogP contribution in [0.2, 0.25) is 5.02 Å². The first-order valence-electron chi connectivity index (χ1n) is 10.3. The Balaban J connectivity index is 1.58. The fourth-order valence-electron chi connectivity index (χ4n) is 4.32. The van der Waals surface area contributed by atoms with E-state index in [-0.39, 0.29) is 18.4 Å². The SMILES string of the molecule is CCOC(=O)Cc1c(Cl)ccc2c1C(C1CC1)=NC2CCC1CCCCO1. The van der Waals surface area contributed by atoms with Crippen LogP contribution in [0.4, 0.5) is 0 Å². The molecule has 1 aromatic carbocycles. The summed E-state index contributed by atoms with van der Waals surface area (Å²) in [5.74, 6) is 0.307. The Morgan fingerprint density at radius 1 is 1.26 bits per heavy atom. The molecule has 0 N–H and O–H groups in total. The molecule has 146 valence electrons. The molecule has 2 aliphatic heterocycles. The summed E-state index contributed by atoms with van der Waals surface area (Å²) in [6.07, 6.45) is 8.60. The van der Waals surface area contributed by atoms with Gasteiger partial charge in [0.2, 0.25) is 0 Å². The maximum atomic E-state index is 12.1. The van der Waals surface area contributed by atoms with Crippen molar-refractivity contribution in [2.75, 3.05) is 13.2 Å². The van der Waals surface area contributed by atoms with Crippen molar-refractivity contribution in [3.05, 3.63) is 33.8 Å². The van der Waals surface area contributed by atoms with Crippen LogP contribution >= 0.6 is 11.6 Å². The fraction of sp³-hybridized carbons (Fsp3) is 0.636. The second-order valence-electron chi connectivity index (χ2n) is 7.84. The third-order valence-corrected chi connectivity index (χ3v) is 6.18. The molecule has 1 aromatic rings. The molecule has 2 atom stereocenters. The number of benzene rings is 1. The number of halogens is 1. The lowest BCUT2D eigenvalue weighted by atomic mass is 9.90. The quantitative estimate of drug-likeness (QED) is 0.613. The number of hydrogen-bond donors (Lipinski definition) is 0. The molecular formula is C22H28ClNO3. The van der Waals surface area contributed by atoms with Crippen molar-refractivity contribution in [1.29, 1.82) is 0 Å². The minimum absolute atomic E-state index is 0.166. The molecule has 3 aliphatic rings. The zero-order valence-corrected chi connectivity index (χ0v) is 16.8. The third kappa shape index (κ3) is 4.22. The maximum Gasteiger partial charge on any atom is 0.310 e. The summed E-state index contributed by atoms with van der Waals surface area (Å²) in [5.41, 5.74) is 4.43. The molecule has 0 radical (unpaired) electrons. The second kappa shape index (κ2) is 8.32. The molecule has 1 saturated heterocycles. The average Bonchev–Trinajstić information content (AvgIpc) is 3.45. The maximum absolute atomic E-state index is 12.1. The standard InChI is InChI=1S/C22H28ClNO3/c1-2-26-20(25)13-17-18(23)10-9-16-19(11-8-15-5-3-4-12-27-15)24-22(21(16)17)14-6-7-14/h9-10,14-15,19H,2-8,11-13H2,1H3. The Morgan fingerprint density at radius 3 is 2.81 bits per heavy atom. The predicted octanol–water partition coefficient (Wildman–Crippen LogP) is 5.05. The van der Waals surface area contributed by atoms with Crippen LogP contribution in [0, 0.1) is 5.92 Å². The van der Waals surface area contributed by atoms with Gasteiger partial charge in [-0.3, -0.25) is 9.79 Å². The smallest absolute Gasteiger partial charge is 0.310 e. The summed E-state index contributed by atoms with van der Waals surface area (Å²) >= 11 is 6.51. The Morgan fingerprint density at radius 2 is 2.11 bits per heavy atom. The molecule has 27 heavy (non-hydrogen) atoms. The average molecular weight is 390 g/mol. The topological polar surface area (TPSA) is 47.9 Å². The van der Waals surface area contributed by atoms with Crippen molar-refractivity contribution in [3.63, 3.8) is 0 Å². The predicted molar refractivity (Wildman–Crippen MR) is 107 cm³/mol. The Kier molecular flexibility index (Phi) is 5.84. The number of esters is 1. The molecule has 0 bridgehead atoms. The van der Waals surface area contributed by atoms with Gasteiger partial charge < -0.3 is 9.47 Å². The summed E-state index contributed by atoms with van der Waals surface area (Å²) in [5, 5.41) is 0.645. The number of nitrogens with zero attached hydrogens (tertiary/aromatic N) is 1. The monoisotopic (exact) mass is 389 g/mol. The van der Waals surface area contributed by atoms with Crippen molar-refractivity contribution in [3.8, 4) is 0 Å². The van der Waals surface area contributed by atoms with E-state index in [1.54, 1.807) is 0 Å². The van der Waals surface area contributed by atoms with E-state index in [0.717, 1.165) is 37.0 Å². The Labute approximate surface area is 166 Å². The minimum atomic E-state index is -0.220. The van der Waals surface area contributed by atoms with Gasteiger partial charge in [-0.2, -0.15) is 0 Å². The summed E-state index contributed by atoms with van der Waals surface area (Å²) in [7, 11) is 0. The van der Waals surface area contributed by atoms with E-state index in [2.05, 4.69) is 6.07 Å². The number of hydrogen-bond acceptors (Lipinski definition) is 4. The lowest BCUT2D eigenvalue weighted by Crippen LogP contribution is -2.19. The van der Waals surface area contributed by atoms with E-state index in [0.29, 0.717) is 23.7 Å². The molecular weight excluding hydrogens is 362 g/mol. The number of aliphatic imine (C=N–C) groups is 1. The van der Waals surface area contributed by atoms with Gasteiger partial charge in [0.1, 0.15) is 0 Å². The number of carbonyl (C=O) groups excluding carboxylic acids is 1. The van der Waals surface area contributed by atoms with Gasteiger partial charge in [-0.15, -0.1) is 0 Å². The minimum Gasteiger partial charge on any atom is -0.466 e. The molecule has 1 saturated carbocycles. The van der Waals surface area contributed by atoms with E-state index in [1.165, 1.54) is 37.0 Å². The van der Waals surface area contributed by atoms with E-state index < -0.39 is 0 Å². The highest BCUT2D eigenvalue weighted by molar-refractivity contribution is 6.32. The van der Waals surface area contributed by atoms with Gasteiger partial charge in [-0.25, -0.2) is 0 Å². The first-order chi connectivity index (χ1) is 13.2. The summed E-state index contributed by atoms with van der Waals surface area (Å²) in [6.45, 7) is 3.11. The molecule has 0 spiro atoms. The Bertz CT molecular complexity index is 735. The molecule has 0 aromatic heterocycles. The van der Waals surface area contributed by atoms with Gasteiger partial charge in [-0.05, 0) is 69.1 Å². The van der Waals surface area contributed by atoms with E-state index in [9.17, 15) is 4.79 Å². The summed E-state index contributed by atoms with van der Waals surface area (Å²) < 4.78 is 11.1. The van der Waals surface area contributed by atoms with Gasteiger partial charge in [-0.1, -0.05) is 17.7 Å². The van der Waals surface area contributed by atoms with Crippen LogP contribution in [-0.4, -0.2) is 31.0 Å². The van der Waals surface area contributed by atoms with Gasteiger partial charge >= 0.3 is 5.97 Å². The zero-order valence-electron chi connectivity index (χ0n) is 16.0. The van der Waals surface area contributed by atoms with Gasteiger partial charge in [0.25, 0.3) is 0 Å². The zero-order chi connectivity index (χ0) is 18.8. The largest absolute Gasteiger partial charge is 0.466 e. The first kappa shape index (κ1) is 18.9. The summed E-state index contributed by atoms with van der Waals surface area (Å²) in [4.78, 5) is 17.2. The van der Waals surface area contributed by atoms with Crippen LogP contribution in [-0.2, 0) is 20.7 Å². The molecule has 1 aliphatic carbocycles. The van der Waals surface area contributed by atoms with Crippen LogP contribution in [0.5, 0.6) is 0 Å². The highest BCUT2D eigenvalue weighted by Crippen LogP contribution is 2.45. The van der Waals surface area contributed by atoms with Crippen LogP contribution in [0.3, 0.4) is 0 Å². The van der Waals surface area contributed by atoms with E-state index in [1.807, 2.05) is 13.0 Å². The normalized spacial score (nSPS) is 24.4. The highest BCUT2D eigenvalue weighted by Gasteiger charge is 2.38. The van der Waals surface area contributed by atoms with Crippen molar-refractivity contribution >= 4 is 23.3 Å². The molecule has 4 rings (SSSR count). The molecule has 0 amide bonds. The van der Waals surface area contributed by atoms with Crippen molar-refractivity contribution in [2.24, 2.45) is 10.9 Å². The van der Waals surface area contributed by atoms with Crippen molar-refractivity contribution < 1.29 is 14.3 Å². The number of fused-ring (bicyclic) bond motifs is 1. The van der Waals surface area contributed by atoms with Gasteiger partial charge in [0, 0.05) is 28.8 Å². The molecule has 2 fully saturated rings. The second-order valence-corrected chi connectivity index (χ2v) is 8.25. The number of ether oxygens (including phenoxy) is 2. The van der Waals surface area contributed by atoms with Crippen molar-refractivity contribution in [2.45, 2.75) is 70.4 Å². The Hall–Kier alpha value is -1.39. The van der Waals surface area contributed by atoms with Crippen molar-refractivity contribution in [1.82, 2.24) is 0 Å². The molecule has 2 unspecified atom stereocenters. The van der Waals surface area contributed by atoms with Crippen LogP contribution in [0.15, 0.2) is 17.1 Å². The van der Waals surface area contributed by atoms with Gasteiger partial charge in [0.15, 0.2) is 0 Å². The molecule has 4 nitrogen and oxygen atoms in total. The van der Waals surface area contributed by atoms with E-state index >= 15 is 0 Å². The lowest BCUT2D eigenvalue weighted by molar-refractivity contribution is -0.142. The third-order valence-electron chi connectivity index (χ3n) is 5.82. The van der Waals surface area contributed by atoms with Gasteiger partial charge in [0.05, 0.1) is 25.2 Å².